The average Bonchev–Trinajstić information content (AvgIpc) is 2.32. The molecular weight excluding hydrogens is 252 g/mol. The number of sulfonamides is 1. The van der Waals surface area contributed by atoms with Gasteiger partial charge in [0, 0.05) is 25.9 Å². The molecule has 6 heteroatoms. The molecule has 0 saturated carbocycles. The van der Waals surface area contributed by atoms with E-state index in [0.717, 1.165) is 5.56 Å². The highest BCUT2D eigenvalue weighted by Gasteiger charge is 2.17. The molecule has 1 aromatic carbocycles. The highest BCUT2D eigenvalue weighted by atomic mass is 32.2. The van der Waals surface area contributed by atoms with Gasteiger partial charge >= 0.3 is 0 Å². The van der Waals surface area contributed by atoms with Crippen molar-refractivity contribution in [2.75, 3.05) is 32.5 Å². The van der Waals surface area contributed by atoms with Crippen molar-refractivity contribution in [1.82, 2.24) is 4.31 Å². The summed E-state index contributed by atoms with van der Waals surface area (Å²) in [5.41, 5.74) is 6.91. The van der Waals surface area contributed by atoms with E-state index in [-0.39, 0.29) is 5.75 Å². The minimum absolute atomic E-state index is 0.0180. The first-order chi connectivity index (χ1) is 8.45. The van der Waals surface area contributed by atoms with Crippen molar-refractivity contribution in [2.24, 2.45) is 0 Å². The maximum Gasteiger partial charge on any atom is 0.218 e. The largest absolute Gasteiger partial charge is 0.399 e. The van der Waals surface area contributed by atoms with Gasteiger partial charge in [-0.05, 0) is 24.6 Å². The summed E-state index contributed by atoms with van der Waals surface area (Å²) in [7, 11) is -1.73. The smallest absolute Gasteiger partial charge is 0.218 e. The number of benzene rings is 1. The van der Waals surface area contributed by atoms with Gasteiger partial charge in [0.05, 0.1) is 12.4 Å². The third-order valence-electron chi connectivity index (χ3n) is 2.56. The van der Waals surface area contributed by atoms with Crippen LogP contribution in [0.1, 0.15) is 12.5 Å². The van der Waals surface area contributed by atoms with Crippen LogP contribution in [0.25, 0.3) is 0 Å². The van der Waals surface area contributed by atoms with Gasteiger partial charge in [0.2, 0.25) is 10.0 Å². The van der Waals surface area contributed by atoms with Crippen molar-refractivity contribution < 1.29 is 13.2 Å². The lowest BCUT2D eigenvalue weighted by Gasteiger charge is -2.17. The first-order valence-electron chi connectivity index (χ1n) is 5.82. The minimum Gasteiger partial charge on any atom is -0.399 e. The average molecular weight is 272 g/mol. The molecule has 0 aliphatic carbocycles. The zero-order valence-corrected chi connectivity index (χ0v) is 11.6. The number of nitrogens with two attached hydrogens (primary N) is 1. The molecule has 1 rings (SSSR count). The summed E-state index contributed by atoms with van der Waals surface area (Å²) in [5.74, 6) is -0.0180. The molecule has 2 N–H and O–H groups in total. The zero-order valence-electron chi connectivity index (χ0n) is 10.8. The van der Waals surface area contributed by atoms with Gasteiger partial charge in [-0.3, -0.25) is 0 Å². The SMILES string of the molecule is CCOCCN(C)S(=O)(=O)Cc1ccc(N)cc1. The van der Waals surface area contributed by atoms with E-state index in [1.165, 1.54) is 4.31 Å². The second-order valence-electron chi connectivity index (χ2n) is 4.02. The van der Waals surface area contributed by atoms with Gasteiger partial charge in [-0.15, -0.1) is 0 Å². The van der Waals surface area contributed by atoms with E-state index < -0.39 is 10.0 Å². The maximum absolute atomic E-state index is 12.0. The predicted octanol–water partition coefficient (Wildman–Crippen LogP) is 1.07. The number of likely N-dealkylation sites (N-methyl/N-ethyl adjacent to an activating group) is 1. The molecule has 5 nitrogen and oxygen atoms in total. The van der Waals surface area contributed by atoms with Crippen LogP contribution in [0.4, 0.5) is 5.69 Å². The Morgan fingerprint density at radius 2 is 1.89 bits per heavy atom. The van der Waals surface area contributed by atoms with Crippen LogP contribution in [0.5, 0.6) is 0 Å². The van der Waals surface area contributed by atoms with Crippen LogP contribution in [0.2, 0.25) is 0 Å². The fourth-order valence-electron chi connectivity index (χ4n) is 1.41. The Balaban J connectivity index is 2.60. The van der Waals surface area contributed by atoms with E-state index in [0.29, 0.717) is 25.4 Å². The van der Waals surface area contributed by atoms with Crippen LogP contribution < -0.4 is 5.73 Å². The Hall–Kier alpha value is -1.11. The molecule has 0 saturated heterocycles. The molecule has 0 aromatic heterocycles. The van der Waals surface area contributed by atoms with E-state index in [4.69, 9.17) is 10.5 Å². The predicted molar refractivity (Wildman–Crippen MR) is 72.6 cm³/mol. The van der Waals surface area contributed by atoms with Crippen LogP contribution in [0, 0.1) is 0 Å². The van der Waals surface area contributed by atoms with Gasteiger partial charge in [0.1, 0.15) is 0 Å². The lowest BCUT2D eigenvalue weighted by atomic mass is 10.2. The first-order valence-corrected chi connectivity index (χ1v) is 7.43. The van der Waals surface area contributed by atoms with Crippen molar-refractivity contribution in [3.63, 3.8) is 0 Å². The molecule has 0 fully saturated rings. The Kier molecular flexibility index (Phi) is 5.58. The van der Waals surface area contributed by atoms with E-state index in [1.807, 2.05) is 6.92 Å². The van der Waals surface area contributed by atoms with Gasteiger partial charge in [0.25, 0.3) is 0 Å². The Labute approximate surface area is 109 Å². The van der Waals surface area contributed by atoms with Crippen molar-refractivity contribution in [3.05, 3.63) is 29.8 Å². The van der Waals surface area contributed by atoms with E-state index in [9.17, 15) is 8.42 Å². The van der Waals surface area contributed by atoms with Crippen molar-refractivity contribution in [2.45, 2.75) is 12.7 Å². The highest BCUT2D eigenvalue weighted by molar-refractivity contribution is 7.88. The number of hydrogen-bond acceptors (Lipinski definition) is 4. The van der Waals surface area contributed by atoms with Crippen LogP contribution >= 0.6 is 0 Å². The molecule has 18 heavy (non-hydrogen) atoms. The second kappa shape index (κ2) is 6.72. The van der Waals surface area contributed by atoms with Crippen LogP contribution in [0.15, 0.2) is 24.3 Å². The lowest BCUT2D eigenvalue weighted by Crippen LogP contribution is -2.31. The molecule has 0 amide bonds. The number of rotatable bonds is 7. The molecule has 0 aliphatic heterocycles. The van der Waals surface area contributed by atoms with Gasteiger partial charge in [-0.2, -0.15) is 0 Å². The number of nitrogens with zero attached hydrogens (tertiary/aromatic N) is 1. The number of ether oxygens (including phenoxy) is 1. The molecule has 0 atom stereocenters. The van der Waals surface area contributed by atoms with Gasteiger partial charge < -0.3 is 10.5 Å². The fourth-order valence-corrected chi connectivity index (χ4v) is 2.60. The molecule has 1 aromatic rings. The molecule has 0 aliphatic rings. The lowest BCUT2D eigenvalue weighted by molar-refractivity contribution is 0.138. The summed E-state index contributed by atoms with van der Waals surface area (Å²) >= 11 is 0. The van der Waals surface area contributed by atoms with E-state index >= 15 is 0 Å². The third-order valence-corrected chi connectivity index (χ3v) is 4.39. The topological polar surface area (TPSA) is 72.6 Å². The molecule has 0 radical (unpaired) electrons. The van der Waals surface area contributed by atoms with Crippen LogP contribution in [0.3, 0.4) is 0 Å². The maximum atomic E-state index is 12.0. The molecule has 0 spiro atoms. The van der Waals surface area contributed by atoms with Crippen molar-refractivity contribution in [1.29, 1.82) is 0 Å². The number of anilines is 1. The monoisotopic (exact) mass is 272 g/mol. The van der Waals surface area contributed by atoms with Gasteiger partial charge in [-0.25, -0.2) is 12.7 Å². The number of hydrogen-bond donors (Lipinski definition) is 1. The van der Waals surface area contributed by atoms with Gasteiger partial charge in [-0.1, -0.05) is 12.1 Å². The van der Waals surface area contributed by atoms with Crippen molar-refractivity contribution >= 4 is 15.7 Å². The minimum atomic E-state index is -3.29. The van der Waals surface area contributed by atoms with Crippen molar-refractivity contribution in [3.8, 4) is 0 Å². The third kappa shape index (κ3) is 4.64. The molecular formula is C12H20N2O3S. The molecule has 0 heterocycles. The number of nitrogen functional groups attached to an aromatic ring is 1. The highest BCUT2D eigenvalue weighted by Crippen LogP contribution is 2.11. The van der Waals surface area contributed by atoms with E-state index in [2.05, 4.69) is 0 Å². The summed E-state index contributed by atoms with van der Waals surface area (Å²) < 4.78 is 30.5. The Bertz CT molecular complexity index is 457. The normalized spacial score (nSPS) is 11.9. The second-order valence-corrected chi connectivity index (χ2v) is 6.09. The van der Waals surface area contributed by atoms with E-state index in [1.54, 1.807) is 31.3 Å². The summed E-state index contributed by atoms with van der Waals surface area (Å²) in [4.78, 5) is 0. The molecule has 102 valence electrons. The fraction of sp³-hybridized carbons (Fsp3) is 0.500. The molecule has 0 unspecified atom stereocenters. The summed E-state index contributed by atoms with van der Waals surface area (Å²) in [6.07, 6.45) is 0. The zero-order chi connectivity index (χ0) is 13.6. The quantitative estimate of drug-likeness (QED) is 0.595. The Morgan fingerprint density at radius 3 is 2.44 bits per heavy atom. The van der Waals surface area contributed by atoms with Crippen LogP contribution in [-0.2, 0) is 20.5 Å². The first kappa shape index (κ1) is 14.9. The van der Waals surface area contributed by atoms with Crippen LogP contribution in [-0.4, -0.2) is 39.5 Å². The summed E-state index contributed by atoms with van der Waals surface area (Å²) in [6.45, 7) is 3.24. The summed E-state index contributed by atoms with van der Waals surface area (Å²) in [6, 6.07) is 6.85. The Morgan fingerprint density at radius 1 is 1.28 bits per heavy atom. The summed E-state index contributed by atoms with van der Waals surface area (Å²) in [5, 5.41) is 0. The standard InChI is InChI=1S/C12H20N2O3S/c1-3-17-9-8-14(2)18(15,16)10-11-4-6-12(13)7-5-11/h4-7H,3,8-10,13H2,1-2H3. The molecule has 0 bridgehead atoms. The van der Waals surface area contributed by atoms with Gasteiger partial charge in [0.15, 0.2) is 0 Å².